The van der Waals surface area contributed by atoms with Gasteiger partial charge in [0.2, 0.25) is 5.91 Å². The first kappa shape index (κ1) is 33.6. The van der Waals surface area contributed by atoms with E-state index in [4.69, 9.17) is 16.3 Å². The van der Waals surface area contributed by atoms with Gasteiger partial charge in [0.15, 0.2) is 13.9 Å². The van der Waals surface area contributed by atoms with Crippen LogP contribution in [-0.2, 0) is 33.0 Å². The number of amides is 2. The minimum atomic E-state index is -2.87. The molecule has 1 unspecified atom stereocenters. The van der Waals surface area contributed by atoms with E-state index in [9.17, 15) is 19.5 Å². The zero-order chi connectivity index (χ0) is 34.5. The number of hydrogen-bond acceptors (Lipinski definition) is 7. The lowest BCUT2D eigenvalue weighted by Gasteiger charge is -2.32. The lowest BCUT2D eigenvalue weighted by Crippen LogP contribution is -2.46. The van der Waals surface area contributed by atoms with Gasteiger partial charge in [-0.15, -0.1) is 5.10 Å². The van der Waals surface area contributed by atoms with Crippen molar-refractivity contribution in [3.05, 3.63) is 106 Å². The summed E-state index contributed by atoms with van der Waals surface area (Å²) in [4.78, 5) is 42.3. The first-order valence-corrected chi connectivity index (χ1v) is 20.4. The second-order valence-corrected chi connectivity index (χ2v) is 18.5. The minimum absolute atomic E-state index is 0.0936. The van der Waals surface area contributed by atoms with Crippen molar-refractivity contribution in [2.45, 2.75) is 75.5 Å². The molecule has 3 aliphatic heterocycles. The van der Waals surface area contributed by atoms with Crippen molar-refractivity contribution >= 4 is 43.1 Å². The maximum absolute atomic E-state index is 14.8. The summed E-state index contributed by atoms with van der Waals surface area (Å²) in [5, 5.41) is 19.4. The fourth-order valence-corrected chi connectivity index (χ4v) is 11.0. The number of halogens is 1. The monoisotopic (exact) mass is 699 g/mol. The molecule has 12 heteroatoms. The van der Waals surface area contributed by atoms with Crippen molar-refractivity contribution in [1.82, 2.24) is 15.0 Å². The van der Waals surface area contributed by atoms with Crippen LogP contribution < -0.4 is 9.80 Å². The highest BCUT2D eigenvalue weighted by Crippen LogP contribution is 2.60. The van der Waals surface area contributed by atoms with Gasteiger partial charge in [0.25, 0.3) is 5.91 Å². The Morgan fingerprint density at radius 1 is 1.08 bits per heavy atom. The number of fused-ring (bicyclic) bond motifs is 2. The predicted molar refractivity (Wildman–Crippen MR) is 190 cm³/mol. The number of nitrogens with zero attached hydrogens (tertiary/aromatic N) is 5. The maximum Gasteiger partial charge on any atom is 0.264 e. The summed E-state index contributed by atoms with van der Waals surface area (Å²) in [5.74, 6) is -0.656. The number of aliphatic hydroxyl groups excluding tert-OH is 1. The number of aryl methyl sites for hydroxylation is 1. The van der Waals surface area contributed by atoms with Crippen LogP contribution in [0.4, 0.5) is 11.4 Å². The van der Waals surface area contributed by atoms with E-state index in [0.29, 0.717) is 36.6 Å². The summed E-state index contributed by atoms with van der Waals surface area (Å²) in [6, 6.07) is 23.0. The molecule has 3 aliphatic rings. The van der Waals surface area contributed by atoms with E-state index in [2.05, 4.69) is 10.3 Å². The van der Waals surface area contributed by atoms with Crippen molar-refractivity contribution in [3.8, 4) is 0 Å². The van der Waals surface area contributed by atoms with Gasteiger partial charge in [-0.1, -0.05) is 66.2 Å². The Balaban J connectivity index is 1.15. The molecule has 3 aromatic carbocycles. The smallest absolute Gasteiger partial charge is 0.264 e. The number of aromatic nitrogens is 3. The second kappa shape index (κ2) is 13.1. The minimum Gasteiger partial charge on any atom is -0.432 e. The van der Waals surface area contributed by atoms with Gasteiger partial charge in [0, 0.05) is 53.4 Å². The number of anilines is 2. The van der Waals surface area contributed by atoms with Crippen LogP contribution in [0.15, 0.2) is 79.0 Å². The highest BCUT2D eigenvalue weighted by Gasteiger charge is 2.66. The SMILES string of the molecule is C[C@@H]1[C@@H]([Si](C)(C)O)[C@H](CCn2cc(C(CO)c3ccccc3)nn2)O[C@@]12C(=O)N(Cc1ccc(N3CCCC3=O)cc1)c1ccc(Cl)cc12. The molecular weight excluding hydrogens is 658 g/mol. The molecule has 1 aromatic heterocycles. The zero-order valence-electron chi connectivity index (χ0n) is 28.0. The van der Waals surface area contributed by atoms with E-state index in [1.165, 1.54) is 0 Å². The molecule has 49 heavy (non-hydrogen) atoms. The highest BCUT2D eigenvalue weighted by atomic mass is 35.5. The van der Waals surface area contributed by atoms with Crippen LogP contribution >= 0.6 is 11.6 Å². The molecular formula is C37H42ClN5O5Si. The number of carbonyl (C=O) groups is 2. The number of aliphatic hydroxyl groups is 1. The lowest BCUT2D eigenvalue weighted by atomic mass is 9.82. The van der Waals surface area contributed by atoms with Crippen molar-refractivity contribution < 1.29 is 24.2 Å². The molecule has 0 aliphatic carbocycles. The third-order valence-electron chi connectivity index (χ3n) is 10.5. The summed E-state index contributed by atoms with van der Waals surface area (Å²) >= 11 is 6.57. The summed E-state index contributed by atoms with van der Waals surface area (Å²) < 4.78 is 8.71. The highest BCUT2D eigenvalue weighted by molar-refractivity contribution is 6.71. The third kappa shape index (κ3) is 6.01. The molecule has 4 aromatic rings. The van der Waals surface area contributed by atoms with Gasteiger partial charge < -0.3 is 24.4 Å². The van der Waals surface area contributed by atoms with Crippen LogP contribution in [-0.4, -0.2) is 64.3 Å². The summed E-state index contributed by atoms with van der Waals surface area (Å²) in [5.41, 5.74) is 3.32. The Morgan fingerprint density at radius 2 is 1.84 bits per heavy atom. The Morgan fingerprint density at radius 3 is 2.51 bits per heavy atom. The van der Waals surface area contributed by atoms with Crippen molar-refractivity contribution in [2.24, 2.45) is 5.92 Å². The number of hydrogen-bond donors (Lipinski definition) is 2. The molecule has 1 spiro atoms. The third-order valence-corrected chi connectivity index (χ3v) is 13.3. The fourth-order valence-electron chi connectivity index (χ4n) is 8.26. The number of ether oxygens (including phenoxy) is 1. The number of rotatable bonds is 10. The van der Waals surface area contributed by atoms with Gasteiger partial charge in [-0.2, -0.15) is 0 Å². The van der Waals surface area contributed by atoms with Crippen LogP contribution in [0.2, 0.25) is 23.7 Å². The average Bonchev–Trinajstić information content (AvgIpc) is 3.84. The molecule has 256 valence electrons. The van der Waals surface area contributed by atoms with Gasteiger partial charge in [-0.25, -0.2) is 0 Å². The van der Waals surface area contributed by atoms with E-state index in [-0.39, 0.29) is 35.8 Å². The summed E-state index contributed by atoms with van der Waals surface area (Å²) in [7, 11) is -2.87. The normalized spacial score (nSPS) is 24.3. The topological polar surface area (TPSA) is 121 Å². The summed E-state index contributed by atoms with van der Waals surface area (Å²) in [6.07, 6.45) is 3.35. The van der Waals surface area contributed by atoms with Crippen LogP contribution in [0.25, 0.3) is 0 Å². The van der Waals surface area contributed by atoms with E-state index < -0.39 is 20.0 Å². The molecule has 0 bridgehead atoms. The average molecular weight is 700 g/mol. The van der Waals surface area contributed by atoms with E-state index >= 15 is 0 Å². The molecule has 2 N–H and O–H groups in total. The van der Waals surface area contributed by atoms with E-state index in [1.54, 1.807) is 20.5 Å². The molecule has 2 fully saturated rings. The molecule has 7 rings (SSSR count). The Bertz CT molecular complexity index is 1850. The van der Waals surface area contributed by atoms with Gasteiger partial charge in [-0.05, 0) is 67.4 Å². The quantitative estimate of drug-likeness (QED) is 0.206. The molecule has 0 saturated carbocycles. The molecule has 5 atom stereocenters. The van der Waals surface area contributed by atoms with Gasteiger partial charge >= 0.3 is 0 Å². The largest absolute Gasteiger partial charge is 0.432 e. The van der Waals surface area contributed by atoms with Crippen molar-refractivity contribution in [3.63, 3.8) is 0 Å². The first-order valence-electron chi connectivity index (χ1n) is 17.0. The van der Waals surface area contributed by atoms with Crippen LogP contribution in [0.3, 0.4) is 0 Å². The van der Waals surface area contributed by atoms with Gasteiger partial charge in [0.05, 0.1) is 36.6 Å². The summed E-state index contributed by atoms with van der Waals surface area (Å²) in [6.45, 7) is 7.24. The van der Waals surface area contributed by atoms with E-state index in [1.807, 2.05) is 92.9 Å². The Labute approximate surface area is 292 Å². The molecule has 2 amide bonds. The van der Waals surface area contributed by atoms with Crippen LogP contribution in [0, 0.1) is 5.92 Å². The van der Waals surface area contributed by atoms with Gasteiger partial charge in [0.1, 0.15) is 0 Å². The fraction of sp³-hybridized carbons (Fsp3) is 0.405. The second-order valence-electron chi connectivity index (χ2n) is 14.1. The van der Waals surface area contributed by atoms with Crippen LogP contribution in [0.1, 0.15) is 54.5 Å². The zero-order valence-corrected chi connectivity index (χ0v) is 29.8. The van der Waals surface area contributed by atoms with Crippen LogP contribution in [0.5, 0.6) is 0 Å². The van der Waals surface area contributed by atoms with Crippen molar-refractivity contribution in [1.29, 1.82) is 0 Å². The first-order chi connectivity index (χ1) is 23.5. The molecule has 4 heterocycles. The number of benzene rings is 3. The standard InChI is InChI=1S/C37H42ClN5O5Si/c1-24-35(49(2,3)47)33(17-19-41-22-31(39-40-41)29(23-44)26-8-5-4-6-9-26)48-37(24)30-20-27(38)13-16-32(30)43(36(37)46)21-25-11-14-28(15-12-25)42-18-7-10-34(42)45/h4-6,8-9,11-16,20,22,24,29,33,35,44,47H,7,10,17-19,21,23H2,1-3H3/t24-,29?,33+,35-,37+/m1/s1. The molecule has 0 radical (unpaired) electrons. The molecule has 2 saturated heterocycles. The Hall–Kier alpha value is -3.87. The van der Waals surface area contributed by atoms with E-state index in [0.717, 1.165) is 41.0 Å². The predicted octanol–water partition coefficient (Wildman–Crippen LogP) is 5.62. The number of carbonyl (C=O) groups excluding carboxylic acids is 2. The lowest BCUT2D eigenvalue weighted by molar-refractivity contribution is -0.146. The molecule has 10 nitrogen and oxygen atoms in total. The van der Waals surface area contributed by atoms with Crippen molar-refractivity contribution in [2.75, 3.05) is 23.0 Å². The maximum atomic E-state index is 14.8. The Kier molecular flexibility index (Phi) is 8.99. The van der Waals surface area contributed by atoms with Gasteiger partial charge in [-0.3, -0.25) is 14.3 Å².